The minimum absolute atomic E-state index is 0.311. The summed E-state index contributed by atoms with van der Waals surface area (Å²) >= 11 is 12.2. The third-order valence-electron chi connectivity index (χ3n) is 3.18. The smallest absolute Gasteiger partial charge is 0.251 e. The molecule has 0 bridgehead atoms. The lowest BCUT2D eigenvalue weighted by Crippen LogP contribution is -2.00. The summed E-state index contributed by atoms with van der Waals surface area (Å²) in [4.78, 5) is 0. The first-order valence-corrected chi connectivity index (χ1v) is 7.58. The second-order valence-electron chi connectivity index (χ2n) is 4.65. The maximum atomic E-state index is 6.11. The zero-order valence-electron chi connectivity index (χ0n) is 12.2. The molecule has 0 amide bonds. The summed E-state index contributed by atoms with van der Waals surface area (Å²) in [5, 5.41) is 12.2. The lowest BCUT2D eigenvalue weighted by molar-refractivity contribution is 0.413. The van der Waals surface area contributed by atoms with E-state index in [1.165, 1.54) is 0 Å². The Labute approximate surface area is 143 Å². The van der Waals surface area contributed by atoms with Gasteiger partial charge in [-0.15, -0.1) is 10.2 Å². The standard InChI is InChI=1S/C16H13Cl2N3O2/c1-22-13-8-3-2-5-10(13)16-21-20-14(23-16)9-19-15-11(17)6-4-7-12(15)18/h2-8,19H,9H2,1H3. The van der Waals surface area contributed by atoms with Gasteiger partial charge in [0, 0.05) is 0 Å². The van der Waals surface area contributed by atoms with Crippen LogP contribution in [-0.4, -0.2) is 17.3 Å². The average molecular weight is 350 g/mol. The van der Waals surface area contributed by atoms with Gasteiger partial charge in [0.15, 0.2) is 0 Å². The molecule has 0 radical (unpaired) electrons. The normalized spacial score (nSPS) is 10.6. The molecular formula is C16H13Cl2N3O2. The van der Waals surface area contributed by atoms with Crippen molar-refractivity contribution in [2.45, 2.75) is 6.54 Å². The van der Waals surface area contributed by atoms with E-state index in [0.29, 0.717) is 39.8 Å². The highest BCUT2D eigenvalue weighted by Crippen LogP contribution is 2.31. The maximum Gasteiger partial charge on any atom is 0.251 e. The number of halogens is 2. The van der Waals surface area contributed by atoms with Gasteiger partial charge in [-0.2, -0.15) is 0 Å². The van der Waals surface area contributed by atoms with Gasteiger partial charge in [-0.25, -0.2) is 0 Å². The summed E-state index contributed by atoms with van der Waals surface area (Å²) in [5.41, 5.74) is 1.37. The van der Waals surface area contributed by atoms with Crippen LogP contribution in [0.2, 0.25) is 10.0 Å². The summed E-state index contributed by atoms with van der Waals surface area (Å²) in [6.07, 6.45) is 0. The Kier molecular flexibility index (Phi) is 4.69. The molecule has 0 saturated carbocycles. The van der Waals surface area contributed by atoms with Crippen LogP contribution in [0.4, 0.5) is 5.69 Å². The highest BCUT2D eigenvalue weighted by Gasteiger charge is 2.13. The molecule has 7 heteroatoms. The van der Waals surface area contributed by atoms with Crippen molar-refractivity contribution >= 4 is 28.9 Å². The molecule has 0 aliphatic carbocycles. The summed E-state index contributed by atoms with van der Waals surface area (Å²) in [6, 6.07) is 12.7. The maximum absolute atomic E-state index is 6.11. The van der Waals surface area contributed by atoms with Crippen LogP contribution >= 0.6 is 23.2 Å². The second-order valence-corrected chi connectivity index (χ2v) is 5.47. The van der Waals surface area contributed by atoms with Crippen LogP contribution in [0.5, 0.6) is 5.75 Å². The topological polar surface area (TPSA) is 60.2 Å². The average Bonchev–Trinajstić information content (AvgIpc) is 3.03. The fourth-order valence-electron chi connectivity index (χ4n) is 2.09. The van der Waals surface area contributed by atoms with Gasteiger partial charge in [0.2, 0.25) is 5.89 Å². The molecule has 2 aromatic carbocycles. The quantitative estimate of drug-likeness (QED) is 0.725. The molecule has 118 valence electrons. The van der Waals surface area contributed by atoms with Crippen molar-refractivity contribution in [1.29, 1.82) is 0 Å². The summed E-state index contributed by atoms with van der Waals surface area (Å²) in [6.45, 7) is 0.311. The van der Waals surface area contributed by atoms with Gasteiger partial charge >= 0.3 is 0 Å². The van der Waals surface area contributed by atoms with E-state index in [0.717, 1.165) is 5.56 Å². The van der Waals surface area contributed by atoms with Crippen molar-refractivity contribution in [2.24, 2.45) is 0 Å². The van der Waals surface area contributed by atoms with Gasteiger partial charge in [-0.3, -0.25) is 0 Å². The minimum atomic E-state index is 0.311. The summed E-state index contributed by atoms with van der Waals surface area (Å²) < 4.78 is 11.0. The number of methoxy groups -OCH3 is 1. The van der Waals surface area contributed by atoms with E-state index in [1.807, 2.05) is 24.3 Å². The van der Waals surface area contributed by atoms with E-state index in [1.54, 1.807) is 25.3 Å². The number of anilines is 1. The van der Waals surface area contributed by atoms with E-state index in [4.69, 9.17) is 32.4 Å². The molecule has 0 saturated heterocycles. The summed E-state index contributed by atoms with van der Waals surface area (Å²) in [5.74, 6) is 1.48. The lowest BCUT2D eigenvalue weighted by Gasteiger charge is -2.07. The van der Waals surface area contributed by atoms with Crippen molar-refractivity contribution in [3.8, 4) is 17.2 Å². The predicted octanol–water partition coefficient (Wildman–Crippen LogP) is 4.66. The SMILES string of the molecule is COc1ccccc1-c1nnc(CNc2c(Cl)cccc2Cl)o1. The van der Waals surface area contributed by atoms with Gasteiger partial charge in [0.25, 0.3) is 5.89 Å². The number of rotatable bonds is 5. The van der Waals surface area contributed by atoms with E-state index in [2.05, 4.69) is 15.5 Å². The number of benzene rings is 2. The zero-order valence-corrected chi connectivity index (χ0v) is 13.7. The Balaban J connectivity index is 1.78. The van der Waals surface area contributed by atoms with Crippen molar-refractivity contribution in [2.75, 3.05) is 12.4 Å². The minimum Gasteiger partial charge on any atom is -0.496 e. The molecule has 0 spiro atoms. The molecule has 5 nitrogen and oxygen atoms in total. The van der Waals surface area contributed by atoms with Crippen LogP contribution in [0, 0.1) is 0 Å². The van der Waals surface area contributed by atoms with Gasteiger partial charge in [-0.1, -0.05) is 41.4 Å². The van der Waals surface area contributed by atoms with Crippen LogP contribution in [0.25, 0.3) is 11.5 Å². The number of nitrogens with one attached hydrogen (secondary N) is 1. The molecule has 0 aliphatic rings. The van der Waals surface area contributed by atoms with Gasteiger partial charge in [0.05, 0.1) is 35.0 Å². The van der Waals surface area contributed by atoms with E-state index in [9.17, 15) is 0 Å². The fourth-order valence-corrected chi connectivity index (χ4v) is 2.62. The van der Waals surface area contributed by atoms with E-state index < -0.39 is 0 Å². The third kappa shape index (κ3) is 3.41. The van der Waals surface area contributed by atoms with Crippen molar-refractivity contribution in [1.82, 2.24) is 10.2 Å². The van der Waals surface area contributed by atoms with E-state index in [-0.39, 0.29) is 0 Å². The number of para-hydroxylation sites is 2. The van der Waals surface area contributed by atoms with Gasteiger partial charge in [0.1, 0.15) is 5.75 Å². The number of hydrogen-bond acceptors (Lipinski definition) is 5. The van der Waals surface area contributed by atoms with Crippen molar-refractivity contribution in [3.05, 3.63) is 58.4 Å². The highest BCUT2D eigenvalue weighted by molar-refractivity contribution is 6.39. The van der Waals surface area contributed by atoms with Crippen LogP contribution in [0.3, 0.4) is 0 Å². The van der Waals surface area contributed by atoms with Crippen LogP contribution < -0.4 is 10.1 Å². The molecule has 23 heavy (non-hydrogen) atoms. The molecule has 1 N–H and O–H groups in total. The molecule has 0 atom stereocenters. The largest absolute Gasteiger partial charge is 0.496 e. The first-order valence-electron chi connectivity index (χ1n) is 6.82. The molecule has 3 rings (SSSR count). The van der Waals surface area contributed by atoms with Crippen molar-refractivity contribution < 1.29 is 9.15 Å². The van der Waals surface area contributed by atoms with Gasteiger partial charge < -0.3 is 14.5 Å². The molecule has 1 heterocycles. The highest BCUT2D eigenvalue weighted by atomic mass is 35.5. The summed E-state index contributed by atoms with van der Waals surface area (Å²) in [7, 11) is 1.59. The third-order valence-corrected chi connectivity index (χ3v) is 3.81. The Morgan fingerprint density at radius 3 is 2.52 bits per heavy atom. The van der Waals surface area contributed by atoms with Crippen LogP contribution in [-0.2, 0) is 6.54 Å². The Bertz CT molecular complexity index is 800. The monoisotopic (exact) mass is 349 g/mol. The van der Waals surface area contributed by atoms with E-state index >= 15 is 0 Å². The molecule has 0 aliphatic heterocycles. The Morgan fingerprint density at radius 2 is 1.78 bits per heavy atom. The molecule has 0 unspecified atom stereocenters. The Hall–Kier alpha value is -2.24. The number of aromatic nitrogens is 2. The zero-order chi connectivity index (χ0) is 16.2. The fraction of sp³-hybridized carbons (Fsp3) is 0.125. The first kappa shape index (κ1) is 15.6. The molecular weight excluding hydrogens is 337 g/mol. The van der Waals surface area contributed by atoms with Gasteiger partial charge in [-0.05, 0) is 24.3 Å². The lowest BCUT2D eigenvalue weighted by atomic mass is 10.2. The number of nitrogens with zero attached hydrogens (tertiary/aromatic N) is 2. The Morgan fingerprint density at radius 1 is 1.04 bits per heavy atom. The van der Waals surface area contributed by atoms with Crippen LogP contribution in [0.1, 0.15) is 5.89 Å². The molecule has 1 aromatic heterocycles. The molecule has 3 aromatic rings. The number of ether oxygens (including phenoxy) is 1. The van der Waals surface area contributed by atoms with Crippen molar-refractivity contribution in [3.63, 3.8) is 0 Å². The van der Waals surface area contributed by atoms with Crippen LogP contribution in [0.15, 0.2) is 46.9 Å². The second kappa shape index (κ2) is 6.89. The first-order chi connectivity index (χ1) is 11.2. The number of hydrogen-bond donors (Lipinski definition) is 1. The molecule has 0 fully saturated rings. The predicted molar refractivity (Wildman–Crippen MR) is 90.1 cm³/mol.